The monoisotopic (exact) mass is 424 g/mol. The molecule has 1 heterocycles. The van der Waals surface area contributed by atoms with E-state index in [0.29, 0.717) is 48.8 Å². The minimum absolute atomic E-state index is 0.0436. The number of hydrogen-bond donors (Lipinski definition) is 1. The van der Waals surface area contributed by atoms with E-state index in [1.54, 1.807) is 29.2 Å². The normalized spacial score (nSPS) is 34.0. The number of nitrogens with one attached hydrogen (secondary N) is 1. The summed E-state index contributed by atoms with van der Waals surface area (Å²) in [4.78, 5) is 52.4. The highest BCUT2D eigenvalue weighted by atomic mass is 16.5. The van der Waals surface area contributed by atoms with Crippen LogP contribution in [0.3, 0.4) is 0 Å². The third-order valence-electron chi connectivity index (χ3n) is 7.98. The van der Waals surface area contributed by atoms with Crippen LogP contribution in [0.5, 0.6) is 0 Å². The third kappa shape index (κ3) is 3.25. The number of esters is 1. The fraction of sp³-hybridized carbons (Fsp3) is 0.583. The molecule has 0 unspecified atom stereocenters. The Hall–Kier alpha value is -2.70. The number of ether oxygens (including phenoxy) is 1. The Morgan fingerprint density at radius 3 is 2.16 bits per heavy atom. The minimum atomic E-state index is -0.495. The van der Waals surface area contributed by atoms with Gasteiger partial charge in [-0.15, -0.1) is 0 Å². The maximum Gasteiger partial charge on any atom is 0.339 e. The molecule has 4 atom stereocenters. The molecule has 1 N–H and O–H groups in total. The number of rotatable bonds is 4. The lowest BCUT2D eigenvalue weighted by molar-refractivity contribution is -0.144. The van der Waals surface area contributed by atoms with Crippen LogP contribution in [0.4, 0.5) is 5.69 Å². The molecule has 164 valence electrons. The number of carbonyl (C=O) groups is 4. The molecule has 1 aliphatic heterocycles. The van der Waals surface area contributed by atoms with Gasteiger partial charge >= 0.3 is 5.97 Å². The van der Waals surface area contributed by atoms with Gasteiger partial charge in [0.25, 0.3) is 0 Å². The molecule has 7 nitrogen and oxygen atoms in total. The maximum atomic E-state index is 13.1. The van der Waals surface area contributed by atoms with Crippen molar-refractivity contribution in [2.75, 3.05) is 12.4 Å². The molecule has 5 rings (SSSR count). The van der Waals surface area contributed by atoms with E-state index in [2.05, 4.69) is 5.32 Å². The van der Waals surface area contributed by atoms with Crippen LogP contribution in [-0.2, 0) is 19.1 Å². The summed E-state index contributed by atoms with van der Waals surface area (Å²) in [6.07, 6.45) is 5.76. The molecule has 0 radical (unpaired) electrons. The second-order valence-electron chi connectivity index (χ2n) is 9.46. The lowest BCUT2D eigenvalue weighted by atomic mass is 9.81. The lowest BCUT2D eigenvalue weighted by Gasteiger charge is -2.33. The van der Waals surface area contributed by atoms with E-state index in [9.17, 15) is 19.2 Å². The summed E-state index contributed by atoms with van der Waals surface area (Å²) >= 11 is 0. The Morgan fingerprint density at radius 1 is 0.935 bits per heavy atom. The number of benzene rings is 1. The zero-order chi connectivity index (χ0) is 21.7. The van der Waals surface area contributed by atoms with Crippen LogP contribution in [0.2, 0.25) is 0 Å². The average Bonchev–Trinajstić information content (AvgIpc) is 3.47. The number of anilines is 1. The molecule has 3 saturated carbocycles. The first-order valence-electron chi connectivity index (χ1n) is 11.3. The second-order valence-corrected chi connectivity index (χ2v) is 9.46. The molecule has 3 aliphatic carbocycles. The maximum absolute atomic E-state index is 13.1. The Kier molecular flexibility index (Phi) is 5.07. The van der Waals surface area contributed by atoms with Gasteiger partial charge in [-0.25, -0.2) is 4.79 Å². The Morgan fingerprint density at radius 2 is 1.55 bits per heavy atom. The number of imide groups is 1. The largest absolute Gasteiger partial charge is 0.465 e. The van der Waals surface area contributed by atoms with E-state index in [-0.39, 0.29) is 41.5 Å². The highest BCUT2D eigenvalue weighted by Gasteiger charge is 2.61. The van der Waals surface area contributed by atoms with Gasteiger partial charge < -0.3 is 10.1 Å². The number of amides is 3. The molecule has 0 spiro atoms. The first-order chi connectivity index (χ1) is 15.0. The zero-order valence-electron chi connectivity index (χ0n) is 17.7. The summed E-state index contributed by atoms with van der Waals surface area (Å²) in [7, 11) is 1.31. The lowest BCUT2D eigenvalue weighted by Crippen LogP contribution is -2.44. The summed E-state index contributed by atoms with van der Waals surface area (Å²) < 4.78 is 4.79. The highest BCUT2D eigenvalue weighted by molar-refractivity contribution is 6.06. The molecule has 7 heteroatoms. The molecule has 1 saturated heterocycles. The second kappa shape index (κ2) is 7.77. The van der Waals surface area contributed by atoms with E-state index in [4.69, 9.17) is 4.74 Å². The van der Waals surface area contributed by atoms with Crippen molar-refractivity contribution in [2.24, 2.45) is 29.6 Å². The molecule has 0 aromatic heterocycles. The van der Waals surface area contributed by atoms with Crippen LogP contribution in [0.15, 0.2) is 24.3 Å². The molecule has 1 aromatic rings. The van der Waals surface area contributed by atoms with E-state index in [1.165, 1.54) is 7.11 Å². The quantitative estimate of drug-likeness (QED) is 0.593. The van der Waals surface area contributed by atoms with E-state index >= 15 is 0 Å². The van der Waals surface area contributed by atoms with Crippen molar-refractivity contribution in [1.82, 2.24) is 4.90 Å². The first kappa shape index (κ1) is 20.2. The molecule has 2 bridgehead atoms. The number of fused-ring (bicyclic) bond motifs is 5. The van der Waals surface area contributed by atoms with Crippen LogP contribution >= 0.6 is 0 Å². The van der Waals surface area contributed by atoms with Crippen molar-refractivity contribution >= 4 is 29.4 Å². The summed E-state index contributed by atoms with van der Waals surface area (Å²) in [5.74, 6) is -0.116. The fourth-order valence-corrected chi connectivity index (χ4v) is 6.50. The average molecular weight is 424 g/mol. The molecule has 3 amide bonds. The standard InChI is InChI=1S/C24H28N2O5/c1-31-24(30)17-4-2-3-5-18(17)25-21(27)13-8-10-16(11-9-13)26-22(28)19-14-6-7-15(12-14)20(19)23(26)29/h2-5,13-16,19-20H,6-12H2,1H3,(H,25,27)/t13-,14-,15+,16-,19-,20+. The number of carbonyl (C=O) groups excluding carboxylic acids is 4. The van der Waals surface area contributed by atoms with Crippen molar-refractivity contribution in [3.8, 4) is 0 Å². The molecule has 31 heavy (non-hydrogen) atoms. The van der Waals surface area contributed by atoms with Crippen LogP contribution in [0.1, 0.15) is 55.3 Å². The van der Waals surface area contributed by atoms with Crippen molar-refractivity contribution in [3.63, 3.8) is 0 Å². The van der Waals surface area contributed by atoms with Gasteiger partial charge in [-0.1, -0.05) is 12.1 Å². The van der Waals surface area contributed by atoms with Crippen LogP contribution in [0.25, 0.3) is 0 Å². The van der Waals surface area contributed by atoms with Gasteiger partial charge in [0.2, 0.25) is 17.7 Å². The number of methoxy groups -OCH3 is 1. The van der Waals surface area contributed by atoms with Crippen LogP contribution in [-0.4, -0.2) is 41.7 Å². The SMILES string of the molecule is COC(=O)c1ccccc1NC(=O)[C@H]1CC[C@H](N2C(=O)[C@@H]3[C@@H]4CC[C@@H](C4)[C@@H]3C2=O)CC1. The zero-order valence-corrected chi connectivity index (χ0v) is 17.7. The topological polar surface area (TPSA) is 92.8 Å². The fourth-order valence-electron chi connectivity index (χ4n) is 6.50. The predicted molar refractivity (Wildman–Crippen MR) is 112 cm³/mol. The summed E-state index contributed by atoms with van der Waals surface area (Å²) in [6, 6.07) is 6.69. The van der Waals surface area contributed by atoms with E-state index < -0.39 is 5.97 Å². The molecular weight excluding hydrogens is 396 g/mol. The van der Waals surface area contributed by atoms with Crippen LogP contribution < -0.4 is 5.32 Å². The van der Waals surface area contributed by atoms with Crippen molar-refractivity contribution in [1.29, 1.82) is 0 Å². The van der Waals surface area contributed by atoms with Gasteiger partial charge in [-0.2, -0.15) is 0 Å². The molecule has 1 aromatic carbocycles. The van der Waals surface area contributed by atoms with Crippen molar-refractivity contribution < 1.29 is 23.9 Å². The third-order valence-corrected chi connectivity index (χ3v) is 7.98. The Labute approximate surface area is 181 Å². The minimum Gasteiger partial charge on any atom is -0.465 e. The summed E-state index contributed by atoms with van der Waals surface area (Å²) in [6.45, 7) is 0. The summed E-state index contributed by atoms with van der Waals surface area (Å²) in [5, 5.41) is 2.86. The van der Waals surface area contributed by atoms with Crippen molar-refractivity contribution in [2.45, 2.75) is 51.0 Å². The van der Waals surface area contributed by atoms with Gasteiger partial charge in [-0.05, 0) is 68.9 Å². The Balaban J connectivity index is 1.22. The predicted octanol–water partition coefficient (Wildman–Crippen LogP) is 3.00. The molecule has 4 fully saturated rings. The summed E-state index contributed by atoms with van der Waals surface area (Å²) in [5.41, 5.74) is 0.760. The highest BCUT2D eigenvalue weighted by Crippen LogP contribution is 2.56. The smallest absolute Gasteiger partial charge is 0.339 e. The number of nitrogens with zero attached hydrogens (tertiary/aromatic N) is 1. The number of hydrogen-bond acceptors (Lipinski definition) is 5. The van der Waals surface area contributed by atoms with Gasteiger partial charge in [0, 0.05) is 12.0 Å². The Bertz CT molecular complexity index is 908. The first-order valence-corrected chi connectivity index (χ1v) is 11.3. The van der Waals surface area contributed by atoms with Gasteiger partial charge in [0.15, 0.2) is 0 Å². The molecular formula is C24H28N2O5. The van der Waals surface area contributed by atoms with Crippen LogP contribution in [0, 0.1) is 29.6 Å². The van der Waals surface area contributed by atoms with Crippen molar-refractivity contribution in [3.05, 3.63) is 29.8 Å². The van der Waals surface area contributed by atoms with Gasteiger partial charge in [-0.3, -0.25) is 19.3 Å². The number of likely N-dealkylation sites (tertiary alicyclic amines) is 1. The van der Waals surface area contributed by atoms with Gasteiger partial charge in [0.1, 0.15) is 0 Å². The van der Waals surface area contributed by atoms with Gasteiger partial charge in [0.05, 0.1) is 30.2 Å². The van der Waals surface area contributed by atoms with E-state index in [1.807, 2.05) is 0 Å². The number of para-hydroxylation sites is 1. The molecule has 4 aliphatic rings. The van der Waals surface area contributed by atoms with E-state index in [0.717, 1.165) is 19.3 Å².